The van der Waals surface area contributed by atoms with Gasteiger partial charge in [-0.1, -0.05) is 64.7 Å². The van der Waals surface area contributed by atoms with E-state index in [-0.39, 0.29) is 31.0 Å². The first-order valence-electron chi connectivity index (χ1n) is 11.7. The van der Waals surface area contributed by atoms with Gasteiger partial charge in [-0.3, -0.25) is 9.59 Å². The number of carbonyl (C=O) groups excluding carboxylic acids is 1. The minimum Gasteiger partial charge on any atom is -0.481 e. The van der Waals surface area contributed by atoms with E-state index in [9.17, 15) is 9.59 Å². The molecular formula is C23H43NO5. The van der Waals surface area contributed by atoms with Gasteiger partial charge < -0.3 is 19.5 Å². The highest BCUT2D eigenvalue weighted by atomic mass is 16.5. The van der Waals surface area contributed by atoms with Gasteiger partial charge in [0.15, 0.2) is 0 Å². The number of aliphatic carboxylic acids is 1. The molecule has 0 spiro atoms. The zero-order valence-electron chi connectivity index (χ0n) is 18.9. The number of hydrogen-bond acceptors (Lipinski definition) is 4. The fourth-order valence-electron chi connectivity index (χ4n) is 3.71. The maximum Gasteiger partial charge on any atom is 0.308 e. The van der Waals surface area contributed by atoms with Crippen molar-refractivity contribution in [2.45, 2.75) is 104 Å². The van der Waals surface area contributed by atoms with Crippen molar-refractivity contribution in [3.05, 3.63) is 0 Å². The minimum absolute atomic E-state index is 0.0338. The maximum absolute atomic E-state index is 12.0. The topological polar surface area (TPSA) is 76.1 Å². The van der Waals surface area contributed by atoms with Crippen LogP contribution >= 0.6 is 0 Å². The SMILES string of the molecule is CCCCCCCCCCCCOCC(C)OCC(C)N1CC(C(=O)O)CC1=O. The Labute approximate surface area is 177 Å². The summed E-state index contributed by atoms with van der Waals surface area (Å²) in [6.07, 6.45) is 13.2. The molecule has 1 aliphatic rings. The summed E-state index contributed by atoms with van der Waals surface area (Å²) in [4.78, 5) is 24.6. The van der Waals surface area contributed by atoms with Crippen LogP contribution in [0.2, 0.25) is 0 Å². The maximum atomic E-state index is 12.0. The minimum atomic E-state index is -0.900. The fraction of sp³-hybridized carbons (Fsp3) is 0.913. The van der Waals surface area contributed by atoms with Crippen molar-refractivity contribution in [1.29, 1.82) is 0 Å². The van der Waals surface area contributed by atoms with Crippen molar-refractivity contribution in [2.24, 2.45) is 5.92 Å². The van der Waals surface area contributed by atoms with Crippen LogP contribution in [-0.4, -0.2) is 60.4 Å². The first-order chi connectivity index (χ1) is 14.0. The molecule has 3 unspecified atom stereocenters. The van der Waals surface area contributed by atoms with Gasteiger partial charge in [-0.15, -0.1) is 0 Å². The number of carboxylic acids is 1. The Hall–Kier alpha value is -1.14. The van der Waals surface area contributed by atoms with E-state index < -0.39 is 11.9 Å². The lowest BCUT2D eigenvalue weighted by atomic mass is 10.1. The van der Waals surface area contributed by atoms with Gasteiger partial charge in [0.25, 0.3) is 0 Å². The molecule has 0 radical (unpaired) electrons. The van der Waals surface area contributed by atoms with Gasteiger partial charge in [0.1, 0.15) is 0 Å². The number of likely N-dealkylation sites (tertiary alicyclic amines) is 1. The smallest absolute Gasteiger partial charge is 0.308 e. The molecule has 29 heavy (non-hydrogen) atoms. The zero-order valence-corrected chi connectivity index (χ0v) is 18.9. The van der Waals surface area contributed by atoms with Crippen molar-refractivity contribution in [1.82, 2.24) is 4.90 Å². The normalized spacial score (nSPS) is 18.9. The Morgan fingerprint density at radius 2 is 1.62 bits per heavy atom. The van der Waals surface area contributed by atoms with Crippen LogP contribution in [0.5, 0.6) is 0 Å². The number of rotatable bonds is 18. The van der Waals surface area contributed by atoms with Crippen molar-refractivity contribution in [3.63, 3.8) is 0 Å². The van der Waals surface area contributed by atoms with Crippen molar-refractivity contribution >= 4 is 11.9 Å². The molecule has 6 nitrogen and oxygen atoms in total. The van der Waals surface area contributed by atoms with E-state index in [4.69, 9.17) is 14.6 Å². The van der Waals surface area contributed by atoms with Crippen LogP contribution in [0.3, 0.4) is 0 Å². The Balaban J connectivity index is 1.96. The second-order valence-corrected chi connectivity index (χ2v) is 8.54. The van der Waals surface area contributed by atoms with Crippen LogP contribution in [0.25, 0.3) is 0 Å². The monoisotopic (exact) mass is 413 g/mol. The van der Waals surface area contributed by atoms with Crippen molar-refractivity contribution in [3.8, 4) is 0 Å². The standard InChI is InChI=1S/C23H43NO5/c1-4-5-6-7-8-9-10-11-12-13-14-28-18-20(3)29-17-19(2)24-16-21(23(26)27)15-22(24)25/h19-21H,4-18H2,1-3H3,(H,26,27). The number of carbonyl (C=O) groups is 2. The fourth-order valence-corrected chi connectivity index (χ4v) is 3.71. The second-order valence-electron chi connectivity index (χ2n) is 8.54. The largest absolute Gasteiger partial charge is 0.481 e. The Kier molecular flexibility index (Phi) is 14.0. The van der Waals surface area contributed by atoms with E-state index >= 15 is 0 Å². The Morgan fingerprint density at radius 1 is 1.03 bits per heavy atom. The number of amides is 1. The molecule has 1 N–H and O–H groups in total. The summed E-state index contributed by atoms with van der Waals surface area (Å²) in [6.45, 7) is 8.13. The molecule has 1 rings (SSSR count). The molecule has 1 heterocycles. The quantitative estimate of drug-likeness (QED) is 0.331. The Morgan fingerprint density at radius 3 is 2.17 bits per heavy atom. The third-order valence-electron chi connectivity index (χ3n) is 5.66. The Bertz CT molecular complexity index is 457. The van der Waals surface area contributed by atoms with E-state index in [0.29, 0.717) is 13.2 Å². The van der Waals surface area contributed by atoms with E-state index in [1.54, 1.807) is 4.90 Å². The zero-order chi connectivity index (χ0) is 21.5. The summed E-state index contributed by atoms with van der Waals surface area (Å²) in [5, 5.41) is 9.06. The first kappa shape index (κ1) is 25.9. The van der Waals surface area contributed by atoms with Gasteiger partial charge in [-0.2, -0.15) is 0 Å². The van der Waals surface area contributed by atoms with Crippen LogP contribution in [0.4, 0.5) is 0 Å². The van der Waals surface area contributed by atoms with Gasteiger partial charge in [-0.05, 0) is 20.3 Å². The van der Waals surface area contributed by atoms with Crippen molar-refractivity contribution < 1.29 is 24.2 Å². The molecule has 170 valence electrons. The average molecular weight is 414 g/mol. The predicted octanol–water partition coefficient (Wildman–Crippen LogP) is 4.65. The average Bonchev–Trinajstić information content (AvgIpc) is 3.09. The summed E-state index contributed by atoms with van der Waals surface area (Å²) < 4.78 is 11.5. The van der Waals surface area contributed by atoms with E-state index in [0.717, 1.165) is 13.0 Å². The predicted molar refractivity (Wildman–Crippen MR) is 115 cm³/mol. The lowest BCUT2D eigenvalue weighted by molar-refractivity contribution is -0.141. The molecule has 0 aromatic heterocycles. The number of nitrogens with zero attached hydrogens (tertiary/aromatic N) is 1. The van der Waals surface area contributed by atoms with Crippen LogP contribution in [0.1, 0.15) is 91.4 Å². The summed E-state index contributed by atoms with van der Waals surface area (Å²) in [7, 11) is 0. The molecule has 1 saturated heterocycles. The molecule has 3 atom stereocenters. The lowest BCUT2D eigenvalue weighted by Crippen LogP contribution is -2.39. The molecule has 1 aliphatic heterocycles. The number of ether oxygens (including phenoxy) is 2. The van der Waals surface area contributed by atoms with Crippen LogP contribution < -0.4 is 0 Å². The molecule has 0 bridgehead atoms. The molecule has 1 fully saturated rings. The van der Waals surface area contributed by atoms with E-state index in [2.05, 4.69) is 6.92 Å². The summed E-state index contributed by atoms with van der Waals surface area (Å²) >= 11 is 0. The molecule has 0 saturated carbocycles. The van der Waals surface area contributed by atoms with Gasteiger partial charge in [0.2, 0.25) is 5.91 Å². The number of hydrogen-bond donors (Lipinski definition) is 1. The molecule has 0 aromatic carbocycles. The van der Waals surface area contributed by atoms with Gasteiger partial charge in [0.05, 0.1) is 31.3 Å². The number of unbranched alkanes of at least 4 members (excludes halogenated alkanes) is 9. The van der Waals surface area contributed by atoms with Gasteiger partial charge in [-0.25, -0.2) is 0 Å². The second kappa shape index (κ2) is 15.7. The van der Waals surface area contributed by atoms with E-state index in [1.807, 2.05) is 13.8 Å². The summed E-state index contributed by atoms with van der Waals surface area (Å²) in [5.41, 5.74) is 0. The van der Waals surface area contributed by atoms with Gasteiger partial charge >= 0.3 is 5.97 Å². The molecule has 6 heteroatoms. The molecule has 0 aliphatic carbocycles. The van der Waals surface area contributed by atoms with Crippen molar-refractivity contribution in [2.75, 3.05) is 26.4 Å². The third-order valence-corrected chi connectivity index (χ3v) is 5.66. The van der Waals surface area contributed by atoms with E-state index in [1.165, 1.54) is 57.8 Å². The first-order valence-corrected chi connectivity index (χ1v) is 11.7. The summed E-state index contributed by atoms with van der Waals surface area (Å²) in [5.74, 6) is -1.59. The molecular weight excluding hydrogens is 370 g/mol. The van der Waals surface area contributed by atoms with Crippen LogP contribution in [0, 0.1) is 5.92 Å². The van der Waals surface area contributed by atoms with Crippen LogP contribution in [0.15, 0.2) is 0 Å². The highest BCUT2D eigenvalue weighted by molar-refractivity contribution is 5.86. The summed E-state index contributed by atoms with van der Waals surface area (Å²) in [6, 6.07) is -0.115. The molecule has 1 amide bonds. The van der Waals surface area contributed by atoms with Gasteiger partial charge in [0, 0.05) is 19.6 Å². The highest BCUT2D eigenvalue weighted by Gasteiger charge is 2.36. The lowest BCUT2D eigenvalue weighted by Gasteiger charge is -2.26. The number of carboxylic acid groups (broad SMARTS) is 1. The van der Waals surface area contributed by atoms with Crippen LogP contribution in [-0.2, 0) is 19.1 Å². The third kappa shape index (κ3) is 11.6. The highest BCUT2D eigenvalue weighted by Crippen LogP contribution is 2.20. The molecule has 0 aromatic rings.